The van der Waals surface area contributed by atoms with E-state index in [1.54, 1.807) is 0 Å². The van der Waals surface area contributed by atoms with E-state index in [9.17, 15) is 13.6 Å². The van der Waals surface area contributed by atoms with E-state index in [2.05, 4.69) is 5.32 Å². The summed E-state index contributed by atoms with van der Waals surface area (Å²) in [7, 11) is 0. The first-order valence-corrected chi connectivity index (χ1v) is 4.94. The fourth-order valence-corrected chi connectivity index (χ4v) is 2.30. The minimum absolute atomic E-state index is 0. The van der Waals surface area contributed by atoms with E-state index >= 15 is 0 Å². The third-order valence-electron chi connectivity index (χ3n) is 3.12. The summed E-state index contributed by atoms with van der Waals surface area (Å²) in [6.45, 7) is 0. The van der Waals surface area contributed by atoms with Crippen molar-refractivity contribution in [1.82, 2.24) is 0 Å². The number of amides is 1. The average Bonchev–Trinajstić information content (AvgIpc) is 2.87. The molecule has 1 aliphatic heterocycles. The first kappa shape index (κ1) is 15.2. The van der Waals surface area contributed by atoms with Crippen molar-refractivity contribution in [3.8, 4) is 0 Å². The topological polar surface area (TPSA) is 59.1 Å². The molecule has 2 N–H and O–H groups in total. The Morgan fingerprint density at radius 2 is 2.00 bits per heavy atom. The largest absolute Gasteiger partial charge is 1.00 e. The van der Waals surface area contributed by atoms with Gasteiger partial charge in [-0.2, -0.15) is 0 Å². The van der Waals surface area contributed by atoms with Crippen LogP contribution in [-0.4, -0.2) is 11.4 Å². The molecule has 0 saturated heterocycles. The molecule has 2 aliphatic rings. The standard InChI is InChI=1S/C11H9F2NO.K.H2O/c12-6-3-8-7-1-5(7)2-10(15)14-11(8)9(13)4-6;;/h3-5,7H,1-2H2,(H,14,15);;1H2/q;+1;/p-1. The number of hydrogen-bond donors (Lipinski definition) is 1. The number of anilines is 1. The van der Waals surface area contributed by atoms with E-state index in [1.807, 2.05) is 0 Å². The van der Waals surface area contributed by atoms with Crippen LogP contribution in [0.5, 0.6) is 0 Å². The first-order chi connectivity index (χ1) is 7.15. The van der Waals surface area contributed by atoms with Gasteiger partial charge in [-0.15, -0.1) is 0 Å². The summed E-state index contributed by atoms with van der Waals surface area (Å²) >= 11 is 0. The molecule has 6 heteroatoms. The molecule has 0 spiro atoms. The zero-order chi connectivity index (χ0) is 10.6. The Morgan fingerprint density at radius 3 is 2.71 bits per heavy atom. The van der Waals surface area contributed by atoms with Gasteiger partial charge in [0.2, 0.25) is 5.91 Å². The van der Waals surface area contributed by atoms with Crippen LogP contribution in [0.1, 0.15) is 24.3 Å². The maximum absolute atomic E-state index is 13.4. The molecule has 0 aromatic heterocycles. The number of carbonyl (C=O) groups is 1. The van der Waals surface area contributed by atoms with Crippen LogP contribution in [0.2, 0.25) is 0 Å². The number of hydrogen-bond acceptors (Lipinski definition) is 2. The third kappa shape index (κ3) is 2.77. The van der Waals surface area contributed by atoms with Crippen molar-refractivity contribution in [3.63, 3.8) is 0 Å². The molecule has 1 amide bonds. The van der Waals surface area contributed by atoms with Gasteiger partial charge in [0, 0.05) is 12.5 Å². The maximum Gasteiger partial charge on any atom is 1.00 e. The van der Waals surface area contributed by atoms with Crippen LogP contribution in [0.3, 0.4) is 0 Å². The van der Waals surface area contributed by atoms with E-state index in [-0.39, 0.29) is 80.3 Å². The van der Waals surface area contributed by atoms with Gasteiger partial charge in [-0.25, -0.2) is 8.78 Å². The Kier molecular flexibility index (Phi) is 4.85. The van der Waals surface area contributed by atoms with Crippen LogP contribution < -0.4 is 56.7 Å². The Morgan fingerprint density at radius 1 is 1.29 bits per heavy atom. The molecule has 1 aliphatic carbocycles. The zero-order valence-electron chi connectivity index (χ0n) is 9.34. The molecule has 1 heterocycles. The normalized spacial score (nSPS) is 24.2. The number of rotatable bonds is 0. The van der Waals surface area contributed by atoms with Gasteiger partial charge in [0.15, 0.2) is 0 Å². The van der Waals surface area contributed by atoms with Crippen LogP contribution in [0, 0.1) is 17.6 Å². The van der Waals surface area contributed by atoms with Crippen molar-refractivity contribution in [1.29, 1.82) is 0 Å². The van der Waals surface area contributed by atoms with Crippen LogP contribution in [0.25, 0.3) is 0 Å². The van der Waals surface area contributed by atoms with Gasteiger partial charge >= 0.3 is 51.4 Å². The summed E-state index contributed by atoms with van der Waals surface area (Å²) in [5.74, 6) is -0.998. The monoisotopic (exact) mass is 265 g/mol. The molecule has 0 bridgehead atoms. The number of fused-ring (bicyclic) bond motifs is 3. The number of halogens is 2. The molecule has 1 fully saturated rings. The van der Waals surface area contributed by atoms with Gasteiger partial charge in [-0.1, -0.05) is 0 Å². The quantitative estimate of drug-likeness (QED) is 0.627. The summed E-state index contributed by atoms with van der Waals surface area (Å²) in [4.78, 5) is 11.3. The smallest absolute Gasteiger partial charge is 0.870 e. The molecule has 2 unspecified atom stereocenters. The van der Waals surface area contributed by atoms with Crippen molar-refractivity contribution in [2.24, 2.45) is 5.92 Å². The summed E-state index contributed by atoms with van der Waals surface area (Å²) < 4.78 is 26.4. The van der Waals surface area contributed by atoms with Gasteiger partial charge in [0.25, 0.3) is 0 Å². The Balaban J connectivity index is 0.000000722. The zero-order valence-corrected chi connectivity index (χ0v) is 12.5. The van der Waals surface area contributed by atoms with E-state index in [0.29, 0.717) is 12.0 Å². The summed E-state index contributed by atoms with van der Waals surface area (Å²) in [5.41, 5.74) is 0.787. The Labute approximate surface area is 140 Å². The number of carbonyl (C=O) groups excluding carboxylic acids is 1. The van der Waals surface area contributed by atoms with Crippen LogP contribution in [0.4, 0.5) is 14.5 Å². The molecule has 3 nitrogen and oxygen atoms in total. The minimum Gasteiger partial charge on any atom is -0.870 e. The Bertz CT molecular complexity index is 467. The van der Waals surface area contributed by atoms with Crippen LogP contribution >= 0.6 is 0 Å². The van der Waals surface area contributed by atoms with E-state index < -0.39 is 11.6 Å². The fraction of sp³-hybridized carbons (Fsp3) is 0.364. The minimum atomic E-state index is -0.675. The van der Waals surface area contributed by atoms with Gasteiger partial charge in [0.1, 0.15) is 11.6 Å². The van der Waals surface area contributed by atoms with Gasteiger partial charge < -0.3 is 10.8 Å². The predicted molar refractivity (Wildman–Crippen MR) is 52.4 cm³/mol. The molecular formula is C11H10F2KNO2. The molecule has 3 rings (SSSR count). The summed E-state index contributed by atoms with van der Waals surface area (Å²) in [6.07, 6.45) is 1.28. The van der Waals surface area contributed by atoms with Crippen molar-refractivity contribution < 1.29 is 70.4 Å². The number of benzene rings is 1. The SMILES string of the molecule is O=C1CC2CC2c2cc(F)cc(F)c2N1.[K+].[OH-]. The molecule has 0 radical (unpaired) electrons. The van der Waals surface area contributed by atoms with E-state index in [1.165, 1.54) is 6.07 Å². The van der Waals surface area contributed by atoms with Gasteiger partial charge in [0.05, 0.1) is 5.69 Å². The molecule has 1 aromatic carbocycles. The Hall–Kier alpha value is 0.146. The fourth-order valence-electron chi connectivity index (χ4n) is 2.30. The molecule has 1 saturated carbocycles. The molecule has 86 valence electrons. The second kappa shape index (κ2) is 5.42. The number of nitrogens with one attached hydrogen (secondary N) is 1. The summed E-state index contributed by atoms with van der Waals surface area (Å²) in [6, 6.07) is 2.14. The second-order valence-corrected chi connectivity index (χ2v) is 4.21. The average molecular weight is 265 g/mol. The van der Waals surface area contributed by atoms with Crippen molar-refractivity contribution in [3.05, 3.63) is 29.3 Å². The predicted octanol–water partition coefficient (Wildman–Crippen LogP) is -0.762. The van der Waals surface area contributed by atoms with E-state index in [0.717, 1.165) is 12.5 Å². The van der Waals surface area contributed by atoms with Crippen molar-refractivity contribution in [2.45, 2.75) is 18.8 Å². The third-order valence-corrected chi connectivity index (χ3v) is 3.12. The summed E-state index contributed by atoms with van der Waals surface area (Å²) in [5, 5.41) is 2.50. The van der Waals surface area contributed by atoms with Gasteiger partial charge in [-0.05, 0) is 29.9 Å². The van der Waals surface area contributed by atoms with Crippen LogP contribution in [-0.2, 0) is 4.79 Å². The second-order valence-electron chi connectivity index (χ2n) is 4.21. The first-order valence-electron chi connectivity index (χ1n) is 4.94. The van der Waals surface area contributed by atoms with Crippen molar-refractivity contribution in [2.75, 3.05) is 5.32 Å². The molecule has 17 heavy (non-hydrogen) atoms. The van der Waals surface area contributed by atoms with Crippen LogP contribution in [0.15, 0.2) is 12.1 Å². The molecule has 2 atom stereocenters. The molecular weight excluding hydrogens is 255 g/mol. The van der Waals surface area contributed by atoms with Crippen molar-refractivity contribution >= 4 is 11.6 Å². The van der Waals surface area contributed by atoms with E-state index in [4.69, 9.17) is 0 Å². The molecule has 1 aromatic rings. The van der Waals surface area contributed by atoms with Gasteiger partial charge in [-0.3, -0.25) is 4.79 Å². The maximum atomic E-state index is 13.4.